The van der Waals surface area contributed by atoms with Crippen molar-refractivity contribution in [2.24, 2.45) is 5.92 Å². The molecule has 5 atom stereocenters. The van der Waals surface area contributed by atoms with E-state index >= 15 is 0 Å². The van der Waals surface area contributed by atoms with E-state index in [9.17, 15) is 9.59 Å². The SMILES string of the molecule is COC(=O)[C@@]12C[C@@H]3CCCN4C(=O)C[C@@]5(c6ccccc6N(C)[C@@H]15)[C@@]34O2. The van der Waals surface area contributed by atoms with Gasteiger partial charge in [-0.05, 0) is 30.9 Å². The number of piperidine rings is 1. The summed E-state index contributed by atoms with van der Waals surface area (Å²) in [6.45, 7) is 0.715. The Kier molecular flexibility index (Phi) is 2.45. The van der Waals surface area contributed by atoms with Crippen molar-refractivity contribution < 1.29 is 19.1 Å². The Bertz CT molecular complexity index is 871. The maximum atomic E-state index is 13.1. The quantitative estimate of drug-likeness (QED) is 0.714. The lowest BCUT2D eigenvalue weighted by Gasteiger charge is -2.51. The minimum absolute atomic E-state index is 0.158. The minimum atomic E-state index is -1.00. The first-order valence-electron chi connectivity index (χ1n) is 9.44. The van der Waals surface area contributed by atoms with Crippen LogP contribution in [0.5, 0.6) is 0 Å². The summed E-state index contributed by atoms with van der Waals surface area (Å²) in [6.07, 6.45) is 3.00. The summed E-state index contributed by atoms with van der Waals surface area (Å²) in [4.78, 5) is 30.3. The van der Waals surface area contributed by atoms with Crippen LogP contribution in [0.15, 0.2) is 24.3 Å². The van der Waals surface area contributed by atoms with Gasteiger partial charge in [0.15, 0.2) is 11.3 Å². The molecule has 136 valence electrons. The fourth-order valence-electron chi connectivity index (χ4n) is 7.25. The number of amides is 1. The van der Waals surface area contributed by atoms with Crippen molar-refractivity contribution in [3.05, 3.63) is 29.8 Å². The van der Waals surface area contributed by atoms with Gasteiger partial charge in [-0.15, -0.1) is 0 Å². The Morgan fingerprint density at radius 3 is 2.96 bits per heavy atom. The van der Waals surface area contributed by atoms with Gasteiger partial charge in [0.2, 0.25) is 5.91 Å². The number of carbonyl (C=O) groups is 2. The zero-order valence-corrected chi connectivity index (χ0v) is 15.0. The van der Waals surface area contributed by atoms with Crippen molar-refractivity contribution >= 4 is 17.6 Å². The molecule has 1 aromatic rings. The van der Waals surface area contributed by atoms with Crippen molar-refractivity contribution in [1.82, 2.24) is 4.90 Å². The normalized spacial score (nSPS) is 44.2. The van der Waals surface area contributed by atoms with Crippen LogP contribution >= 0.6 is 0 Å². The molecule has 26 heavy (non-hydrogen) atoms. The van der Waals surface area contributed by atoms with Crippen LogP contribution < -0.4 is 4.90 Å². The molecular weight excluding hydrogens is 332 g/mol. The van der Waals surface area contributed by atoms with Crippen molar-refractivity contribution in [2.75, 3.05) is 25.6 Å². The van der Waals surface area contributed by atoms with Crippen LogP contribution in [0.25, 0.3) is 0 Å². The summed E-state index contributed by atoms with van der Waals surface area (Å²) in [5.41, 5.74) is 0.0564. The standard InChI is InChI=1S/C20H22N2O4/c1-21-14-8-4-3-7-13(14)18-11-15(23)22-9-5-6-12-10-19(16(18)21,17(24)25-2)26-20(12,18)22/h3-4,7-8,12,16H,5-6,9-11H2,1-2H3/t12-,16+,18-,19+,20-/m0/s1. The van der Waals surface area contributed by atoms with E-state index < -0.39 is 16.7 Å². The number of rotatable bonds is 1. The molecule has 1 aromatic carbocycles. The third kappa shape index (κ3) is 1.19. The van der Waals surface area contributed by atoms with Gasteiger partial charge in [0.1, 0.15) is 0 Å². The van der Waals surface area contributed by atoms with Crippen molar-refractivity contribution in [3.8, 4) is 0 Å². The lowest BCUT2D eigenvalue weighted by molar-refractivity contribution is -0.192. The van der Waals surface area contributed by atoms with Gasteiger partial charge in [0.05, 0.1) is 18.6 Å². The van der Waals surface area contributed by atoms with Crippen molar-refractivity contribution in [2.45, 2.75) is 48.5 Å². The molecule has 6 heteroatoms. The molecule has 0 aromatic heterocycles. The van der Waals surface area contributed by atoms with E-state index in [0.717, 1.165) is 24.1 Å². The van der Waals surface area contributed by atoms with E-state index in [4.69, 9.17) is 9.47 Å². The lowest BCUT2D eigenvalue weighted by Crippen LogP contribution is -2.66. The molecule has 2 spiro atoms. The number of carbonyl (C=O) groups excluding carboxylic acids is 2. The Hall–Kier alpha value is -2.08. The highest BCUT2D eigenvalue weighted by Crippen LogP contribution is 2.75. The summed E-state index contributed by atoms with van der Waals surface area (Å²) in [7, 11) is 3.46. The first-order chi connectivity index (χ1) is 12.5. The van der Waals surface area contributed by atoms with Gasteiger partial charge < -0.3 is 19.3 Å². The van der Waals surface area contributed by atoms with E-state index in [1.807, 2.05) is 24.1 Å². The van der Waals surface area contributed by atoms with Crippen LogP contribution in [0.1, 0.15) is 31.2 Å². The zero-order valence-electron chi connectivity index (χ0n) is 15.0. The maximum Gasteiger partial charge on any atom is 0.340 e. The van der Waals surface area contributed by atoms with Gasteiger partial charge >= 0.3 is 5.97 Å². The molecule has 4 fully saturated rings. The van der Waals surface area contributed by atoms with Crippen LogP contribution in [0.2, 0.25) is 0 Å². The number of para-hydroxylation sites is 1. The number of benzene rings is 1. The fourth-order valence-corrected chi connectivity index (χ4v) is 7.25. The highest BCUT2D eigenvalue weighted by molar-refractivity contribution is 5.92. The predicted octanol–water partition coefficient (Wildman–Crippen LogP) is 1.43. The summed E-state index contributed by atoms with van der Waals surface area (Å²) in [5, 5.41) is 0. The van der Waals surface area contributed by atoms with E-state index in [-0.39, 0.29) is 23.8 Å². The fraction of sp³-hybridized carbons (Fsp3) is 0.600. The summed E-state index contributed by atoms with van der Waals surface area (Å²) in [6, 6.07) is 8.06. The van der Waals surface area contributed by atoms with Crippen molar-refractivity contribution in [1.29, 1.82) is 0 Å². The molecule has 2 bridgehead atoms. The number of anilines is 1. The summed E-state index contributed by atoms with van der Waals surface area (Å²) >= 11 is 0. The lowest BCUT2D eigenvalue weighted by atomic mass is 9.56. The summed E-state index contributed by atoms with van der Waals surface area (Å²) < 4.78 is 12.0. The highest BCUT2D eigenvalue weighted by atomic mass is 16.6. The van der Waals surface area contributed by atoms with Gasteiger partial charge in [0, 0.05) is 31.6 Å². The third-order valence-electron chi connectivity index (χ3n) is 7.74. The van der Waals surface area contributed by atoms with Gasteiger partial charge in [0.25, 0.3) is 0 Å². The first kappa shape index (κ1) is 15.0. The molecule has 6 nitrogen and oxygen atoms in total. The van der Waals surface area contributed by atoms with Crippen LogP contribution in [0.3, 0.4) is 0 Å². The third-order valence-corrected chi connectivity index (χ3v) is 7.74. The molecule has 6 rings (SSSR count). The van der Waals surface area contributed by atoms with Gasteiger partial charge in [-0.3, -0.25) is 4.79 Å². The van der Waals surface area contributed by atoms with Crippen LogP contribution in [-0.4, -0.2) is 54.8 Å². The summed E-state index contributed by atoms with van der Waals surface area (Å²) in [5.74, 6) is 0.0369. The van der Waals surface area contributed by atoms with E-state index in [1.165, 1.54) is 7.11 Å². The molecule has 0 aliphatic carbocycles. The van der Waals surface area contributed by atoms with E-state index in [1.54, 1.807) is 0 Å². The van der Waals surface area contributed by atoms with E-state index in [0.29, 0.717) is 19.4 Å². The molecule has 0 unspecified atom stereocenters. The minimum Gasteiger partial charge on any atom is -0.467 e. The Balaban J connectivity index is 1.70. The Morgan fingerprint density at radius 1 is 1.35 bits per heavy atom. The Labute approximate surface area is 152 Å². The van der Waals surface area contributed by atoms with Gasteiger partial charge in [-0.1, -0.05) is 18.2 Å². The number of ether oxygens (including phenoxy) is 2. The van der Waals surface area contributed by atoms with Gasteiger partial charge in [-0.2, -0.15) is 0 Å². The second kappa shape index (κ2) is 4.25. The molecule has 1 amide bonds. The van der Waals surface area contributed by atoms with E-state index in [2.05, 4.69) is 17.0 Å². The smallest absolute Gasteiger partial charge is 0.340 e. The molecular formula is C20H22N2O4. The second-order valence-corrected chi connectivity index (χ2v) is 8.45. The second-order valence-electron chi connectivity index (χ2n) is 8.45. The molecule has 5 aliphatic rings. The molecule has 0 radical (unpaired) electrons. The topological polar surface area (TPSA) is 59.1 Å². The number of methoxy groups -OCH3 is 1. The largest absolute Gasteiger partial charge is 0.467 e. The highest BCUT2D eigenvalue weighted by Gasteiger charge is 2.89. The average molecular weight is 354 g/mol. The number of fused-ring (bicyclic) bond motifs is 3. The zero-order chi connectivity index (χ0) is 17.9. The molecule has 0 saturated carbocycles. The Morgan fingerprint density at radius 2 is 2.15 bits per heavy atom. The number of hydrogen-bond acceptors (Lipinski definition) is 5. The van der Waals surface area contributed by atoms with Crippen LogP contribution in [-0.2, 0) is 24.5 Å². The number of hydrogen-bond donors (Lipinski definition) is 0. The van der Waals surface area contributed by atoms with Gasteiger partial charge in [-0.25, -0.2) is 4.79 Å². The number of likely N-dealkylation sites (N-methyl/N-ethyl adjacent to an activating group) is 1. The first-order valence-corrected chi connectivity index (χ1v) is 9.44. The molecule has 0 N–H and O–H groups in total. The monoisotopic (exact) mass is 354 g/mol. The maximum absolute atomic E-state index is 13.1. The van der Waals surface area contributed by atoms with Crippen molar-refractivity contribution in [3.63, 3.8) is 0 Å². The molecule has 5 heterocycles. The average Bonchev–Trinajstić information content (AvgIpc) is 3.29. The number of esters is 1. The molecule has 4 saturated heterocycles. The predicted molar refractivity (Wildman–Crippen MR) is 92.5 cm³/mol. The van der Waals surface area contributed by atoms with Crippen LogP contribution in [0, 0.1) is 5.92 Å². The molecule has 5 aliphatic heterocycles. The number of nitrogens with zero attached hydrogens (tertiary/aromatic N) is 2. The van der Waals surface area contributed by atoms with Crippen LogP contribution in [0.4, 0.5) is 5.69 Å².